The average Bonchev–Trinajstić information content (AvgIpc) is 3.06. The molecule has 9 heteroatoms. The molecule has 158 valence electrons. The quantitative estimate of drug-likeness (QED) is 0.392. The van der Waals surface area contributed by atoms with Gasteiger partial charge >= 0.3 is 0 Å². The van der Waals surface area contributed by atoms with Gasteiger partial charge in [0.05, 0.1) is 5.25 Å². The lowest BCUT2D eigenvalue weighted by Gasteiger charge is -2.12. The summed E-state index contributed by atoms with van der Waals surface area (Å²) in [6.07, 6.45) is 0. The maximum Gasteiger partial charge on any atom is 0.237 e. The molecule has 0 saturated carbocycles. The lowest BCUT2D eigenvalue weighted by molar-refractivity contribution is -0.115. The molecule has 1 aromatic heterocycles. The van der Waals surface area contributed by atoms with Crippen molar-refractivity contribution in [3.05, 3.63) is 64.9 Å². The van der Waals surface area contributed by atoms with E-state index in [2.05, 4.69) is 29.4 Å². The van der Waals surface area contributed by atoms with E-state index < -0.39 is 5.25 Å². The largest absolute Gasteiger partial charge is 0.486 e. The van der Waals surface area contributed by atoms with E-state index >= 15 is 0 Å². The van der Waals surface area contributed by atoms with E-state index in [0.717, 1.165) is 5.75 Å². The van der Waals surface area contributed by atoms with Crippen LogP contribution in [0.25, 0.3) is 0 Å². The fourth-order valence-corrected chi connectivity index (χ4v) is 3.58. The fourth-order valence-electron chi connectivity index (χ4n) is 2.60. The van der Waals surface area contributed by atoms with Crippen molar-refractivity contribution in [2.45, 2.75) is 43.7 Å². The summed E-state index contributed by atoms with van der Waals surface area (Å²) >= 11 is 7.16. The van der Waals surface area contributed by atoms with Gasteiger partial charge in [0.15, 0.2) is 5.82 Å². The van der Waals surface area contributed by atoms with E-state index in [-0.39, 0.29) is 12.5 Å². The van der Waals surface area contributed by atoms with Crippen LogP contribution in [0.5, 0.6) is 5.75 Å². The summed E-state index contributed by atoms with van der Waals surface area (Å²) in [4.78, 5) is 12.4. The van der Waals surface area contributed by atoms with Gasteiger partial charge in [0, 0.05) is 10.7 Å². The molecule has 1 heterocycles. The number of carbonyl (C=O) groups excluding carboxylic acids is 1. The van der Waals surface area contributed by atoms with Gasteiger partial charge in [-0.3, -0.25) is 4.79 Å². The average molecular weight is 446 g/mol. The van der Waals surface area contributed by atoms with E-state index in [1.807, 2.05) is 24.3 Å². The second kappa shape index (κ2) is 9.86. The molecule has 0 bridgehead atoms. The van der Waals surface area contributed by atoms with Crippen molar-refractivity contribution >= 4 is 35.0 Å². The summed E-state index contributed by atoms with van der Waals surface area (Å²) in [5.74, 6) is 7.56. The standard InChI is InChI=1S/C21H24ClN5O2S/c1-13(2)15-7-9-18(10-8-15)29-12-19-25-26-21(27(19)23)30-14(3)20(28)24-17-6-4-5-16(22)11-17/h4-11,13-14H,12,23H2,1-3H3,(H,24,28). The third-order valence-electron chi connectivity index (χ3n) is 4.39. The van der Waals surface area contributed by atoms with Gasteiger partial charge < -0.3 is 15.9 Å². The zero-order valence-electron chi connectivity index (χ0n) is 17.0. The third-order valence-corrected chi connectivity index (χ3v) is 5.69. The first-order chi connectivity index (χ1) is 14.3. The minimum absolute atomic E-state index is 0.175. The molecular weight excluding hydrogens is 422 g/mol. The second-order valence-electron chi connectivity index (χ2n) is 7.04. The number of carbonyl (C=O) groups is 1. The van der Waals surface area contributed by atoms with Crippen LogP contribution in [0.1, 0.15) is 38.1 Å². The number of hydrogen-bond acceptors (Lipinski definition) is 6. The van der Waals surface area contributed by atoms with Gasteiger partial charge in [0.25, 0.3) is 0 Å². The van der Waals surface area contributed by atoms with Crippen LogP contribution in [0.4, 0.5) is 5.69 Å². The smallest absolute Gasteiger partial charge is 0.237 e. The molecule has 1 unspecified atom stereocenters. The summed E-state index contributed by atoms with van der Waals surface area (Å²) in [6.45, 7) is 6.23. The Kier molecular flexibility index (Phi) is 7.23. The van der Waals surface area contributed by atoms with Crippen LogP contribution >= 0.6 is 23.4 Å². The SMILES string of the molecule is CC(Sc1nnc(COc2ccc(C(C)C)cc2)n1N)C(=O)Nc1cccc(Cl)c1. The Morgan fingerprint density at radius 3 is 2.60 bits per heavy atom. The highest BCUT2D eigenvalue weighted by atomic mass is 35.5. The van der Waals surface area contributed by atoms with Gasteiger partial charge in [0.2, 0.25) is 11.1 Å². The van der Waals surface area contributed by atoms with Crippen molar-refractivity contribution in [2.24, 2.45) is 0 Å². The number of benzene rings is 2. The molecule has 0 spiro atoms. The van der Waals surface area contributed by atoms with Crippen molar-refractivity contribution in [1.29, 1.82) is 0 Å². The number of nitrogens with two attached hydrogens (primary N) is 1. The molecule has 1 amide bonds. The van der Waals surface area contributed by atoms with Crippen molar-refractivity contribution < 1.29 is 9.53 Å². The molecule has 0 aliphatic rings. The topological polar surface area (TPSA) is 95.1 Å². The normalized spacial score (nSPS) is 12.0. The number of anilines is 1. The van der Waals surface area contributed by atoms with E-state index in [9.17, 15) is 4.79 Å². The molecule has 30 heavy (non-hydrogen) atoms. The Labute approximate surface area is 184 Å². The number of amides is 1. The van der Waals surface area contributed by atoms with Crippen LogP contribution in [-0.4, -0.2) is 26.0 Å². The Morgan fingerprint density at radius 2 is 1.93 bits per heavy atom. The molecule has 0 aliphatic heterocycles. The first kappa shape index (κ1) is 22.0. The zero-order chi connectivity index (χ0) is 21.7. The van der Waals surface area contributed by atoms with E-state index in [0.29, 0.717) is 27.6 Å². The fraction of sp³-hybridized carbons (Fsp3) is 0.286. The molecule has 0 saturated heterocycles. The van der Waals surface area contributed by atoms with Gasteiger partial charge in [-0.15, -0.1) is 10.2 Å². The van der Waals surface area contributed by atoms with Crippen molar-refractivity contribution in [1.82, 2.24) is 14.9 Å². The third kappa shape index (κ3) is 5.67. The van der Waals surface area contributed by atoms with Crippen LogP contribution in [0, 0.1) is 0 Å². The Hall–Kier alpha value is -2.71. The number of nitrogen functional groups attached to an aromatic ring is 1. The number of halogens is 1. The van der Waals surface area contributed by atoms with Crippen molar-refractivity contribution in [2.75, 3.05) is 11.2 Å². The predicted molar refractivity (Wildman–Crippen MR) is 120 cm³/mol. The first-order valence-electron chi connectivity index (χ1n) is 9.48. The molecule has 3 N–H and O–H groups in total. The maximum atomic E-state index is 12.4. The van der Waals surface area contributed by atoms with Crippen molar-refractivity contribution in [3.63, 3.8) is 0 Å². The number of nitrogens with one attached hydrogen (secondary N) is 1. The molecule has 0 aliphatic carbocycles. The van der Waals surface area contributed by atoms with Gasteiger partial charge in [-0.1, -0.05) is 55.4 Å². The van der Waals surface area contributed by atoms with Gasteiger partial charge in [-0.2, -0.15) is 0 Å². The predicted octanol–water partition coefficient (Wildman–Crippen LogP) is 4.47. The lowest BCUT2D eigenvalue weighted by Crippen LogP contribution is -2.24. The number of nitrogens with zero attached hydrogens (tertiary/aromatic N) is 3. The summed E-state index contributed by atoms with van der Waals surface area (Å²) in [6, 6.07) is 14.9. The van der Waals surface area contributed by atoms with Crippen molar-refractivity contribution in [3.8, 4) is 5.75 Å². The summed E-state index contributed by atoms with van der Waals surface area (Å²) in [5.41, 5.74) is 1.87. The number of thioether (sulfide) groups is 1. The van der Waals surface area contributed by atoms with Crippen LogP contribution in [0.2, 0.25) is 5.02 Å². The molecule has 2 aromatic carbocycles. The highest BCUT2D eigenvalue weighted by Crippen LogP contribution is 2.24. The zero-order valence-corrected chi connectivity index (χ0v) is 18.6. The highest BCUT2D eigenvalue weighted by molar-refractivity contribution is 8.00. The number of rotatable bonds is 8. The molecule has 0 fully saturated rings. The molecule has 1 atom stereocenters. The van der Waals surface area contributed by atoms with Gasteiger partial charge in [0.1, 0.15) is 12.4 Å². The number of hydrogen-bond donors (Lipinski definition) is 2. The molecule has 7 nitrogen and oxygen atoms in total. The summed E-state index contributed by atoms with van der Waals surface area (Å²) in [7, 11) is 0. The Balaban J connectivity index is 1.57. The van der Waals surface area contributed by atoms with Crippen LogP contribution in [-0.2, 0) is 11.4 Å². The van der Waals surface area contributed by atoms with Crippen LogP contribution in [0.3, 0.4) is 0 Å². The lowest BCUT2D eigenvalue weighted by atomic mass is 10.0. The van der Waals surface area contributed by atoms with Gasteiger partial charge in [-0.25, -0.2) is 4.68 Å². The Morgan fingerprint density at radius 1 is 1.20 bits per heavy atom. The number of ether oxygens (including phenoxy) is 1. The minimum atomic E-state index is -0.437. The Bertz CT molecular complexity index is 1010. The minimum Gasteiger partial charge on any atom is -0.486 e. The highest BCUT2D eigenvalue weighted by Gasteiger charge is 2.20. The van der Waals surface area contributed by atoms with Crippen LogP contribution in [0.15, 0.2) is 53.7 Å². The molecular formula is C21H24ClN5O2S. The second-order valence-corrected chi connectivity index (χ2v) is 8.79. The molecule has 3 aromatic rings. The number of aromatic nitrogens is 3. The van der Waals surface area contributed by atoms with Crippen LogP contribution < -0.4 is 15.9 Å². The first-order valence-corrected chi connectivity index (χ1v) is 10.7. The van der Waals surface area contributed by atoms with E-state index in [1.165, 1.54) is 22.0 Å². The molecule has 3 rings (SSSR count). The van der Waals surface area contributed by atoms with E-state index in [4.69, 9.17) is 22.2 Å². The van der Waals surface area contributed by atoms with Gasteiger partial charge in [-0.05, 0) is 48.7 Å². The summed E-state index contributed by atoms with van der Waals surface area (Å²) in [5, 5.41) is 11.5. The van der Waals surface area contributed by atoms with E-state index in [1.54, 1.807) is 31.2 Å². The molecule has 0 radical (unpaired) electrons. The summed E-state index contributed by atoms with van der Waals surface area (Å²) < 4.78 is 7.10. The monoisotopic (exact) mass is 445 g/mol. The maximum absolute atomic E-state index is 12.4.